The minimum Gasteiger partial charge on any atom is -0.494 e. The molecule has 1 N–H and O–H groups in total. The molecular formula is C17H17Cl2NO5. The van der Waals surface area contributed by atoms with E-state index >= 15 is 0 Å². The smallest absolute Gasteiger partial charge is 0.255 e. The maximum absolute atomic E-state index is 12.5. The van der Waals surface area contributed by atoms with Gasteiger partial charge >= 0.3 is 0 Å². The number of ether oxygens (including phenoxy) is 4. The Kier molecular flexibility index (Phi) is 6.22. The van der Waals surface area contributed by atoms with Gasteiger partial charge in [-0.25, -0.2) is 0 Å². The lowest BCUT2D eigenvalue weighted by Gasteiger charge is -2.15. The molecule has 0 saturated carbocycles. The lowest BCUT2D eigenvalue weighted by molar-refractivity contribution is 0.102. The van der Waals surface area contributed by atoms with Crippen LogP contribution in [0.4, 0.5) is 5.69 Å². The van der Waals surface area contributed by atoms with Crippen molar-refractivity contribution in [1.29, 1.82) is 0 Å². The number of carbonyl (C=O) groups excluding carboxylic acids is 1. The summed E-state index contributed by atoms with van der Waals surface area (Å²) in [6, 6.07) is 6.18. The van der Waals surface area contributed by atoms with Gasteiger partial charge in [0.25, 0.3) is 5.91 Å². The summed E-state index contributed by atoms with van der Waals surface area (Å²) in [5, 5.41) is 3.22. The molecule has 0 saturated heterocycles. The lowest BCUT2D eigenvalue weighted by atomic mass is 10.2. The van der Waals surface area contributed by atoms with Crippen LogP contribution in [0.3, 0.4) is 0 Å². The third-order valence-corrected chi connectivity index (χ3v) is 3.95. The van der Waals surface area contributed by atoms with Crippen LogP contribution >= 0.6 is 23.2 Å². The number of halogens is 2. The highest BCUT2D eigenvalue weighted by atomic mass is 35.5. The number of amides is 1. The van der Waals surface area contributed by atoms with Gasteiger partial charge in [0.1, 0.15) is 0 Å². The van der Waals surface area contributed by atoms with Crippen LogP contribution in [0.25, 0.3) is 0 Å². The van der Waals surface area contributed by atoms with Crippen LogP contribution in [-0.4, -0.2) is 34.3 Å². The van der Waals surface area contributed by atoms with E-state index in [2.05, 4.69) is 5.32 Å². The van der Waals surface area contributed by atoms with Crippen molar-refractivity contribution in [2.45, 2.75) is 0 Å². The molecule has 6 nitrogen and oxygen atoms in total. The third kappa shape index (κ3) is 4.03. The number of hydrogen-bond acceptors (Lipinski definition) is 5. The van der Waals surface area contributed by atoms with E-state index in [-0.39, 0.29) is 15.6 Å². The van der Waals surface area contributed by atoms with E-state index in [1.165, 1.54) is 40.6 Å². The molecular weight excluding hydrogens is 369 g/mol. The predicted octanol–water partition coefficient (Wildman–Crippen LogP) is 4.28. The van der Waals surface area contributed by atoms with Crippen molar-refractivity contribution < 1.29 is 23.7 Å². The van der Waals surface area contributed by atoms with Gasteiger partial charge in [-0.3, -0.25) is 4.79 Å². The van der Waals surface area contributed by atoms with Crippen molar-refractivity contribution in [3.63, 3.8) is 0 Å². The van der Waals surface area contributed by atoms with Gasteiger partial charge < -0.3 is 24.3 Å². The molecule has 0 aliphatic heterocycles. The zero-order valence-electron chi connectivity index (χ0n) is 14.1. The summed E-state index contributed by atoms with van der Waals surface area (Å²) >= 11 is 12.1. The molecule has 0 unspecified atom stereocenters. The number of nitrogens with one attached hydrogen (secondary N) is 1. The first-order valence-corrected chi connectivity index (χ1v) is 7.85. The number of anilines is 1. The molecule has 0 heterocycles. The number of hydrogen-bond donors (Lipinski definition) is 1. The van der Waals surface area contributed by atoms with Gasteiger partial charge in [0.15, 0.2) is 17.2 Å². The monoisotopic (exact) mass is 385 g/mol. The van der Waals surface area contributed by atoms with E-state index in [1.54, 1.807) is 12.1 Å². The second-order valence-electron chi connectivity index (χ2n) is 4.84. The Morgan fingerprint density at radius 1 is 0.800 bits per heavy atom. The van der Waals surface area contributed by atoms with Crippen molar-refractivity contribution in [2.24, 2.45) is 0 Å². The van der Waals surface area contributed by atoms with E-state index in [0.717, 1.165) is 0 Å². The second kappa shape index (κ2) is 8.18. The van der Waals surface area contributed by atoms with E-state index in [0.29, 0.717) is 28.7 Å². The van der Waals surface area contributed by atoms with Crippen LogP contribution in [0.2, 0.25) is 10.0 Å². The first kappa shape index (κ1) is 19.0. The molecule has 0 bridgehead atoms. The maximum Gasteiger partial charge on any atom is 0.255 e. The largest absolute Gasteiger partial charge is 0.494 e. The van der Waals surface area contributed by atoms with Gasteiger partial charge in [-0.2, -0.15) is 0 Å². The highest BCUT2D eigenvalue weighted by Crippen LogP contribution is 2.40. The average Bonchev–Trinajstić information content (AvgIpc) is 2.60. The van der Waals surface area contributed by atoms with Crippen molar-refractivity contribution >= 4 is 34.8 Å². The lowest BCUT2D eigenvalue weighted by Crippen LogP contribution is -2.12. The highest BCUT2D eigenvalue weighted by molar-refractivity contribution is 6.37. The summed E-state index contributed by atoms with van der Waals surface area (Å²) in [5.41, 5.74) is 0.743. The number of benzene rings is 2. The Bertz CT molecular complexity index is 747. The molecule has 0 aromatic heterocycles. The number of rotatable bonds is 6. The molecule has 0 fully saturated rings. The van der Waals surface area contributed by atoms with E-state index in [1.807, 2.05) is 0 Å². The second-order valence-corrected chi connectivity index (χ2v) is 5.66. The molecule has 2 rings (SSSR count). The Hall–Kier alpha value is -2.31. The molecule has 0 spiro atoms. The highest BCUT2D eigenvalue weighted by Gasteiger charge is 2.17. The summed E-state index contributed by atoms with van der Waals surface area (Å²) in [4.78, 5) is 12.5. The fraction of sp³-hybridized carbons (Fsp3) is 0.235. The van der Waals surface area contributed by atoms with Crippen LogP contribution in [0.5, 0.6) is 23.0 Å². The van der Waals surface area contributed by atoms with Crippen molar-refractivity contribution in [2.75, 3.05) is 33.8 Å². The number of carbonyl (C=O) groups is 1. The minimum atomic E-state index is -0.402. The van der Waals surface area contributed by atoms with Gasteiger partial charge in [-0.05, 0) is 12.1 Å². The molecule has 0 radical (unpaired) electrons. The number of methoxy groups -OCH3 is 4. The molecule has 0 aliphatic rings. The molecule has 134 valence electrons. The molecule has 8 heteroatoms. The summed E-state index contributed by atoms with van der Waals surface area (Å²) in [6.07, 6.45) is 0. The van der Waals surface area contributed by atoms with Gasteiger partial charge in [-0.1, -0.05) is 23.2 Å². The quantitative estimate of drug-likeness (QED) is 0.803. The summed E-state index contributed by atoms with van der Waals surface area (Å²) in [7, 11) is 5.93. The first-order chi connectivity index (χ1) is 11.9. The Balaban J connectivity index is 2.35. The summed E-state index contributed by atoms with van der Waals surface area (Å²) < 4.78 is 20.8. The molecule has 0 aliphatic carbocycles. The standard InChI is InChI=1S/C17H17Cl2NO5/c1-22-13-7-10(8-14(23-2)16(13)25-4)20-17(21)9-5-11(18)15(24-3)12(19)6-9/h5-8H,1-4H3,(H,20,21). The van der Waals surface area contributed by atoms with Crippen LogP contribution in [0.1, 0.15) is 10.4 Å². The zero-order valence-corrected chi connectivity index (χ0v) is 15.6. The molecule has 2 aromatic carbocycles. The molecule has 25 heavy (non-hydrogen) atoms. The van der Waals surface area contributed by atoms with Crippen molar-refractivity contribution in [3.05, 3.63) is 39.9 Å². The molecule has 2 aromatic rings. The van der Waals surface area contributed by atoms with E-state index in [9.17, 15) is 4.79 Å². The fourth-order valence-electron chi connectivity index (χ4n) is 2.24. The van der Waals surface area contributed by atoms with Crippen molar-refractivity contribution in [1.82, 2.24) is 0 Å². The van der Waals surface area contributed by atoms with E-state index in [4.69, 9.17) is 42.1 Å². The normalized spacial score (nSPS) is 10.2. The van der Waals surface area contributed by atoms with Gasteiger partial charge in [0.2, 0.25) is 5.75 Å². The molecule has 0 atom stereocenters. The summed E-state index contributed by atoms with van der Waals surface area (Å²) in [6.45, 7) is 0. The van der Waals surface area contributed by atoms with Crippen LogP contribution in [0, 0.1) is 0 Å². The van der Waals surface area contributed by atoms with Crippen LogP contribution in [-0.2, 0) is 0 Å². The molecule has 1 amide bonds. The zero-order chi connectivity index (χ0) is 18.6. The van der Waals surface area contributed by atoms with Crippen LogP contribution in [0.15, 0.2) is 24.3 Å². The van der Waals surface area contributed by atoms with Crippen LogP contribution < -0.4 is 24.3 Å². The van der Waals surface area contributed by atoms with E-state index < -0.39 is 5.91 Å². The SMILES string of the molecule is COc1cc(NC(=O)c2cc(Cl)c(OC)c(Cl)c2)cc(OC)c1OC. The fourth-order valence-corrected chi connectivity index (χ4v) is 2.88. The van der Waals surface area contributed by atoms with Gasteiger partial charge in [0.05, 0.1) is 38.5 Å². The van der Waals surface area contributed by atoms with Crippen molar-refractivity contribution in [3.8, 4) is 23.0 Å². The predicted molar refractivity (Wildman–Crippen MR) is 97.1 cm³/mol. The Labute approximate surface area is 155 Å². The topological polar surface area (TPSA) is 66.0 Å². The Morgan fingerprint density at radius 3 is 1.68 bits per heavy atom. The van der Waals surface area contributed by atoms with Gasteiger partial charge in [0, 0.05) is 23.4 Å². The van der Waals surface area contributed by atoms with Gasteiger partial charge in [-0.15, -0.1) is 0 Å². The minimum absolute atomic E-state index is 0.241. The first-order valence-electron chi connectivity index (χ1n) is 7.09. The maximum atomic E-state index is 12.5. The Morgan fingerprint density at radius 2 is 1.28 bits per heavy atom. The third-order valence-electron chi connectivity index (χ3n) is 3.39. The average molecular weight is 386 g/mol. The summed E-state index contributed by atoms with van der Waals surface area (Å²) in [5.74, 6) is 1.18.